The minimum atomic E-state index is -0.501. The topological polar surface area (TPSA) is 80.8 Å². The van der Waals surface area contributed by atoms with E-state index in [1.807, 2.05) is 17.5 Å². The second-order valence-electron chi connectivity index (χ2n) is 3.64. The Kier molecular flexibility index (Phi) is 4.24. The van der Waals surface area contributed by atoms with Gasteiger partial charge in [0, 0.05) is 0 Å². The van der Waals surface area contributed by atoms with Gasteiger partial charge in [-0.15, -0.1) is 16.4 Å². The summed E-state index contributed by atoms with van der Waals surface area (Å²) in [7, 11) is 1.30. The zero-order chi connectivity index (χ0) is 14.8. The summed E-state index contributed by atoms with van der Waals surface area (Å²) in [6.45, 7) is 0. The fourth-order valence-electron chi connectivity index (χ4n) is 1.44. The summed E-state index contributed by atoms with van der Waals surface area (Å²) in [4.78, 5) is 21.2. The SMILES string of the molecule is COC(=O)c1sc(Sc2n[nH]c(-c3cccs3)n2)nc1Cl. The van der Waals surface area contributed by atoms with Crippen molar-refractivity contribution in [3.05, 3.63) is 27.5 Å². The van der Waals surface area contributed by atoms with E-state index in [0.717, 1.165) is 16.2 Å². The van der Waals surface area contributed by atoms with E-state index < -0.39 is 5.97 Å². The number of nitrogens with one attached hydrogen (secondary N) is 1. The lowest BCUT2D eigenvalue weighted by molar-refractivity contribution is 0.0606. The molecule has 0 amide bonds. The van der Waals surface area contributed by atoms with E-state index in [-0.39, 0.29) is 10.0 Å². The number of thiazole rings is 1. The van der Waals surface area contributed by atoms with Gasteiger partial charge in [0.2, 0.25) is 5.16 Å². The molecule has 0 spiro atoms. The summed E-state index contributed by atoms with van der Waals surface area (Å²) in [6.07, 6.45) is 0. The van der Waals surface area contributed by atoms with E-state index in [9.17, 15) is 4.79 Å². The Bertz CT molecular complexity index is 768. The summed E-state index contributed by atoms with van der Waals surface area (Å²) in [5.41, 5.74) is 0. The fourth-order valence-corrected chi connectivity index (χ4v) is 4.25. The summed E-state index contributed by atoms with van der Waals surface area (Å²) < 4.78 is 5.22. The molecular formula is C11H7ClN4O2S3. The molecule has 0 aliphatic rings. The van der Waals surface area contributed by atoms with Gasteiger partial charge in [-0.3, -0.25) is 5.10 Å². The van der Waals surface area contributed by atoms with Crippen LogP contribution in [0.2, 0.25) is 5.15 Å². The maximum absolute atomic E-state index is 11.5. The maximum Gasteiger partial charge on any atom is 0.351 e. The number of aromatic nitrogens is 4. The monoisotopic (exact) mass is 358 g/mol. The van der Waals surface area contributed by atoms with E-state index in [1.165, 1.54) is 18.9 Å². The van der Waals surface area contributed by atoms with E-state index in [4.69, 9.17) is 11.6 Å². The number of nitrogens with zero attached hydrogens (tertiary/aromatic N) is 3. The van der Waals surface area contributed by atoms with Gasteiger partial charge in [0.05, 0.1) is 12.0 Å². The Hall–Kier alpha value is -1.42. The van der Waals surface area contributed by atoms with E-state index in [0.29, 0.717) is 15.3 Å². The minimum Gasteiger partial charge on any atom is -0.465 e. The number of halogens is 1. The van der Waals surface area contributed by atoms with Gasteiger partial charge in [-0.1, -0.05) is 29.0 Å². The summed E-state index contributed by atoms with van der Waals surface area (Å²) in [6, 6.07) is 3.90. The molecule has 0 radical (unpaired) electrons. The largest absolute Gasteiger partial charge is 0.465 e. The standard InChI is InChI=1S/C11H7ClN4O2S3/c1-18-9(17)6-7(12)13-11(20-6)21-10-14-8(15-16-10)5-3-2-4-19-5/h2-4H,1H3,(H,14,15,16). The summed E-state index contributed by atoms with van der Waals surface area (Å²) in [5.74, 6) is 0.196. The van der Waals surface area contributed by atoms with Gasteiger partial charge in [-0.2, -0.15) is 0 Å². The molecule has 0 aromatic carbocycles. The summed E-state index contributed by atoms with van der Waals surface area (Å²) >= 11 is 9.86. The smallest absolute Gasteiger partial charge is 0.351 e. The highest BCUT2D eigenvalue weighted by atomic mass is 35.5. The van der Waals surface area contributed by atoms with E-state index in [1.54, 1.807) is 11.3 Å². The van der Waals surface area contributed by atoms with Crippen LogP contribution in [-0.4, -0.2) is 33.2 Å². The Morgan fingerprint density at radius 1 is 1.48 bits per heavy atom. The van der Waals surface area contributed by atoms with Crippen LogP contribution in [0.15, 0.2) is 27.0 Å². The van der Waals surface area contributed by atoms with Crippen molar-refractivity contribution < 1.29 is 9.53 Å². The number of thiophene rings is 1. The van der Waals surface area contributed by atoms with Gasteiger partial charge in [0.1, 0.15) is 0 Å². The highest BCUT2D eigenvalue weighted by Gasteiger charge is 2.19. The molecule has 0 saturated carbocycles. The second-order valence-corrected chi connectivity index (χ2v) is 7.16. The molecule has 3 aromatic rings. The average Bonchev–Trinajstić information content (AvgIpc) is 3.18. The van der Waals surface area contributed by atoms with Crippen molar-refractivity contribution in [3.63, 3.8) is 0 Å². The molecule has 21 heavy (non-hydrogen) atoms. The molecule has 0 atom stereocenters. The predicted molar refractivity (Wildman–Crippen MR) is 82.3 cm³/mol. The van der Waals surface area contributed by atoms with Crippen LogP contribution in [0, 0.1) is 0 Å². The molecule has 6 nitrogen and oxygen atoms in total. The van der Waals surface area contributed by atoms with Gasteiger partial charge >= 0.3 is 5.97 Å². The van der Waals surface area contributed by atoms with Crippen LogP contribution in [0.1, 0.15) is 9.67 Å². The zero-order valence-electron chi connectivity index (χ0n) is 10.5. The third-order valence-electron chi connectivity index (χ3n) is 2.34. The molecule has 3 heterocycles. The third-order valence-corrected chi connectivity index (χ3v) is 5.56. The first-order valence-electron chi connectivity index (χ1n) is 5.56. The third kappa shape index (κ3) is 3.10. The molecule has 0 fully saturated rings. The van der Waals surface area contributed by atoms with E-state index >= 15 is 0 Å². The van der Waals surface area contributed by atoms with E-state index in [2.05, 4.69) is 24.9 Å². The first kappa shape index (κ1) is 14.5. The Labute approximate surface area is 136 Å². The number of rotatable bonds is 4. The number of H-pyrrole nitrogens is 1. The first-order valence-corrected chi connectivity index (χ1v) is 8.45. The molecule has 0 aliphatic heterocycles. The van der Waals surface area contributed by atoms with Crippen LogP contribution >= 0.6 is 46.0 Å². The predicted octanol–water partition coefficient (Wildman–Crippen LogP) is 3.58. The number of hydrogen-bond donors (Lipinski definition) is 1. The molecule has 0 unspecified atom stereocenters. The van der Waals surface area contributed by atoms with Crippen molar-refractivity contribution in [2.24, 2.45) is 0 Å². The van der Waals surface area contributed by atoms with Crippen molar-refractivity contribution in [2.45, 2.75) is 9.50 Å². The molecule has 0 aliphatic carbocycles. The molecular weight excluding hydrogens is 352 g/mol. The molecule has 1 N–H and O–H groups in total. The number of carbonyl (C=O) groups excluding carboxylic acids is 1. The number of aromatic amines is 1. The first-order chi connectivity index (χ1) is 10.2. The lowest BCUT2D eigenvalue weighted by Crippen LogP contribution is -1.98. The number of ether oxygens (including phenoxy) is 1. The van der Waals surface area contributed by atoms with Crippen molar-refractivity contribution in [1.82, 2.24) is 20.2 Å². The van der Waals surface area contributed by atoms with Gasteiger partial charge in [-0.05, 0) is 23.2 Å². The minimum absolute atomic E-state index is 0.128. The van der Waals surface area contributed by atoms with Crippen LogP contribution in [0.4, 0.5) is 0 Å². The number of carbonyl (C=O) groups is 1. The lowest BCUT2D eigenvalue weighted by Gasteiger charge is -1.92. The normalized spacial score (nSPS) is 10.8. The zero-order valence-corrected chi connectivity index (χ0v) is 13.7. The van der Waals surface area contributed by atoms with Gasteiger partial charge in [-0.25, -0.2) is 14.8 Å². The Morgan fingerprint density at radius 2 is 2.33 bits per heavy atom. The van der Waals surface area contributed by atoms with Crippen LogP contribution in [0.3, 0.4) is 0 Å². The van der Waals surface area contributed by atoms with Crippen molar-refractivity contribution >= 4 is 52.0 Å². The van der Waals surface area contributed by atoms with Crippen LogP contribution in [-0.2, 0) is 4.74 Å². The highest BCUT2D eigenvalue weighted by molar-refractivity contribution is 8.00. The highest BCUT2D eigenvalue weighted by Crippen LogP contribution is 2.34. The fraction of sp³-hybridized carbons (Fsp3) is 0.0909. The van der Waals surface area contributed by atoms with Crippen molar-refractivity contribution in [2.75, 3.05) is 7.11 Å². The van der Waals surface area contributed by atoms with Gasteiger partial charge in [0.15, 0.2) is 20.2 Å². The number of hydrogen-bond acceptors (Lipinski definition) is 8. The Balaban J connectivity index is 1.80. The molecule has 10 heteroatoms. The number of methoxy groups -OCH3 is 1. The second kappa shape index (κ2) is 6.14. The van der Waals surface area contributed by atoms with Crippen LogP contribution in [0.25, 0.3) is 10.7 Å². The quantitative estimate of drug-likeness (QED) is 0.718. The molecule has 0 saturated heterocycles. The van der Waals surface area contributed by atoms with Crippen LogP contribution in [0.5, 0.6) is 0 Å². The molecule has 0 bridgehead atoms. The maximum atomic E-state index is 11.5. The van der Waals surface area contributed by atoms with Gasteiger partial charge in [0.25, 0.3) is 0 Å². The lowest BCUT2D eigenvalue weighted by atomic mass is 10.4. The van der Waals surface area contributed by atoms with Crippen molar-refractivity contribution in [1.29, 1.82) is 0 Å². The van der Waals surface area contributed by atoms with Crippen LogP contribution < -0.4 is 0 Å². The molecule has 3 aromatic heterocycles. The van der Waals surface area contributed by atoms with Gasteiger partial charge < -0.3 is 4.74 Å². The Morgan fingerprint density at radius 3 is 3.05 bits per heavy atom. The molecule has 3 rings (SSSR count). The summed E-state index contributed by atoms with van der Waals surface area (Å²) in [5, 5.41) is 9.59. The van der Waals surface area contributed by atoms with Crippen molar-refractivity contribution in [3.8, 4) is 10.7 Å². The average molecular weight is 359 g/mol. The number of esters is 1. The molecule has 108 valence electrons.